The number of hydrogen-bond acceptors (Lipinski definition) is 2. The van der Waals surface area contributed by atoms with E-state index in [2.05, 4.69) is 6.58 Å². The second kappa shape index (κ2) is 3.82. The second-order valence-electron chi connectivity index (χ2n) is 4.03. The Hall–Kier alpha value is -1.31. The van der Waals surface area contributed by atoms with Gasteiger partial charge in [0.2, 0.25) is 0 Å². The highest BCUT2D eigenvalue weighted by Gasteiger charge is 2.27. The number of allylic oxidation sites excluding steroid dienone is 2. The van der Waals surface area contributed by atoms with Gasteiger partial charge in [0, 0.05) is 12.0 Å². The third-order valence-corrected chi connectivity index (χ3v) is 2.13. The van der Waals surface area contributed by atoms with Crippen LogP contribution in [0, 0.1) is 0 Å². The first kappa shape index (κ1) is 10.8. The molecule has 76 valence electrons. The maximum absolute atomic E-state index is 11.3. The van der Waals surface area contributed by atoms with Gasteiger partial charge in [-0.05, 0) is 26.8 Å². The van der Waals surface area contributed by atoms with E-state index in [1.165, 1.54) is 5.57 Å². The van der Waals surface area contributed by atoms with Crippen molar-refractivity contribution >= 4 is 5.97 Å². The van der Waals surface area contributed by atoms with Crippen LogP contribution >= 0.6 is 0 Å². The average Bonchev–Trinajstić information content (AvgIpc) is 2.02. The Morgan fingerprint density at radius 1 is 1.64 bits per heavy atom. The van der Waals surface area contributed by atoms with Gasteiger partial charge in [-0.25, -0.2) is 4.79 Å². The lowest BCUT2D eigenvalue weighted by Gasteiger charge is -2.28. The van der Waals surface area contributed by atoms with E-state index < -0.39 is 5.60 Å². The van der Waals surface area contributed by atoms with E-state index in [0.717, 1.165) is 6.42 Å². The number of carbonyl (C=O) groups is 1. The number of hydrogen-bond donors (Lipinski definition) is 0. The number of carbonyl (C=O) groups excluding carboxylic acids is 1. The summed E-state index contributed by atoms with van der Waals surface area (Å²) >= 11 is 0. The number of rotatable bonds is 2. The highest BCUT2D eigenvalue weighted by Crippen LogP contribution is 2.26. The first-order valence-corrected chi connectivity index (χ1v) is 4.67. The smallest absolute Gasteiger partial charge is 0.333 e. The summed E-state index contributed by atoms with van der Waals surface area (Å²) in [6.07, 6.45) is 6.60. The minimum absolute atomic E-state index is 0.327. The van der Waals surface area contributed by atoms with Gasteiger partial charge in [0.05, 0.1) is 0 Å². The summed E-state index contributed by atoms with van der Waals surface area (Å²) in [5.74, 6) is -0.327. The highest BCUT2D eigenvalue weighted by atomic mass is 16.6. The van der Waals surface area contributed by atoms with E-state index in [1.807, 2.05) is 32.1 Å². The molecule has 0 aliphatic heterocycles. The van der Waals surface area contributed by atoms with Crippen molar-refractivity contribution in [1.29, 1.82) is 0 Å². The third-order valence-electron chi connectivity index (χ3n) is 2.13. The summed E-state index contributed by atoms with van der Waals surface area (Å²) in [5.41, 5.74) is 1.14. The molecule has 0 spiro atoms. The van der Waals surface area contributed by atoms with Crippen LogP contribution in [0.4, 0.5) is 0 Å². The van der Waals surface area contributed by atoms with Crippen LogP contribution in [0.15, 0.2) is 36.0 Å². The van der Waals surface area contributed by atoms with E-state index in [-0.39, 0.29) is 5.97 Å². The lowest BCUT2D eigenvalue weighted by Crippen LogP contribution is -2.31. The number of ether oxygens (including phenoxy) is 1. The molecule has 0 aromatic rings. The molecule has 14 heavy (non-hydrogen) atoms. The Morgan fingerprint density at radius 2 is 2.29 bits per heavy atom. The molecule has 2 heteroatoms. The molecule has 1 rings (SSSR count). The molecule has 0 saturated heterocycles. The zero-order valence-corrected chi connectivity index (χ0v) is 8.96. The van der Waals surface area contributed by atoms with Crippen molar-refractivity contribution in [3.63, 3.8) is 0 Å². The molecule has 0 amide bonds. The lowest BCUT2D eigenvalue weighted by molar-refractivity contribution is -0.148. The Labute approximate surface area is 85.0 Å². The van der Waals surface area contributed by atoms with Crippen LogP contribution in [-0.2, 0) is 9.53 Å². The first-order chi connectivity index (χ1) is 6.43. The van der Waals surface area contributed by atoms with Crippen LogP contribution in [0.25, 0.3) is 0 Å². The topological polar surface area (TPSA) is 26.3 Å². The van der Waals surface area contributed by atoms with E-state index in [4.69, 9.17) is 4.74 Å². The summed E-state index contributed by atoms with van der Waals surface area (Å²) in [7, 11) is 0. The summed E-state index contributed by atoms with van der Waals surface area (Å²) < 4.78 is 5.34. The molecule has 0 saturated carbocycles. The molecule has 0 fully saturated rings. The third kappa shape index (κ3) is 2.59. The quantitative estimate of drug-likeness (QED) is 0.496. The summed E-state index contributed by atoms with van der Waals surface area (Å²) in [5, 5.41) is 0. The molecule has 0 heterocycles. The predicted octanol–water partition coefficient (Wildman–Crippen LogP) is 2.77. The van der Waals surface area contributed by atoms with Crippen molar-refractivity contribution < 1.29 is 9.53 Å². The van der Waals surface area contributed by atoms with Gasteiger partial charge in [-0.2, -0.15) is 0 Å². The molecular formula is C12H16O2. The minimum atomic E-state index is -0.505. The maximum Gasteiger partial charge on any atom is 0.333 e. The Kier molecular flexibility index (Phi) is 2.94. The maximum atomic E-state index is 11.3. The Bertz CT molecular complexity index is 323. The molecule has 0 aromatic heterocycles. The van der Waals surface area contributed by atoms with Crippen molar-refractivity contribution in [2.75, 3.05) is 0 Å². The highest BCUT2D eigenvalue weighted by molar-refractivity contribution is 5.87. The Morgan fingerprint density at radius 3 is 2.79 bits per heavy atom. The zero-order chi connectivity index (χ0) is 10.8. The van der Waals surface area contributed by atoms with Crippen LogP contribution in [0.1, 0.15) is 27.2 Å². The van der Waals surface area contributed by atoms with Gasteiger partial charge in [-0.3, -0.25) is 0 Å². The average molecular weight is 192 g/mol. The molecule has 0 radical (unpaired) electrons. The van der Waals surface area contributed by atoms with Gasteiger partial charge < -0.3 is 4.74 Å². The fraction of sp³-hybridized carbons (Fsp3) is 0.417. The van der Waals surface area contributed by atoms with Gasteiger partial charge in [0.1, 0.15) is 5.60 Å². The molecule has 0 N–H and O–H groups in total. The van der Waals surface area contributed by atoms with Gasteiger partial charge in [0.25, 0.3) is 0 Å². The van der Waals surface area contributed by atoms with Crippen LogP contribution in [0.3, 0.4) is 0 Å². The van der Waals surface area contributed by atoms with E-state index >= 15 is 0 Å². The monoisotopic (exact) mass is 192 g/mol. The summed E-state index contributed by atoms with van der Waals surface area (Å²) in [4.78, 5) is 11.3. The number of esters is 1. The molecule has 1 atom stereocenters. The van der Waals surface area contributed by atoms with Crippen molar-refractivity contribution in [1.82, 2.24) is 0 Å². The largest absolute Gasteiger partial charge is 0.451 e. The van der Waals surface area contributed by atoms with E-state index in [0.29, 0.717) is 5.57 Å². The molecule has 1 unspecified atom stereocenters. The fourth-order valence-corrected chi connectivity index (χ4v) is 1.46. The molecule has 0 aromatic carbocycles. The van der Waals surface area contributed by atoms with E-state index in [9.17, 15) is 4.79 Å². The van der Waals surface area contributed by atoms with Crippen LogP contribution < -0.4 is 0 Å². The van der Waals surface area contributed by atoms with Crippen molar-refractivity contribution in [2.24, 2.45) is 0 Å². The lowest BCUT2D eigenvalue weighted by atomic mass is 9.92. The molecule has 1 aliphatic rings. The first-order valence-electron chi connectivity index (χ1n) is 4.67. The van der Waals surface area contributed by atoms with Gasteiger partial charge >= 0.3 is 5.97 Å². The van der Waals surface area contributed by atoms with Crippen molar-refractivity contribution in [2.45, 2.75) is 32.8 Å². The van der Waals surface area contributed by atoms with Crippen molar-refractivity contribution in [3.05, 3.63) is 36.0 Å². The Balaban J connectivity index is 2.69. The van der Waals surface area contributed by atoms with Crippen molar-refractivity contribution in [3.8, 4) is 0 Å². The second-order valence-corrected chi connectivity index (χ2v) is 4.03. The van der Waals surface area contributed by atoms with Crippen LogP contribution in [-0.4, -0.2) is 11.6 Å². The molecule has 2 nitrogen and oxygen atoms in total. The van der Waals surface area contributed by atoms with Gasteiger partial charge in [-0.1, -0.05) is 24.3 Å². The molecule has 0 bridgehead atoms. The zero-order valence-electron chi connectivity index (χ0n) is 8.96. The normalized spacial score (nSPS) is 25.5. The van der Waals surface area contributed by atoms with Gasteiger partial charge in [0.15, 0.2) is 0 Å². The minimum Gasteiger partial charge on any atom is -0.451 e. The molecule has 1 aliphatic carbocycles. The van der Waals surface area contributed by atoms with E-state index in [1.54, 1.807) is 6.92 Å². The summed E-state index contributed by atoms with van der Waals surface area (Å²) in [6.45, 7) is 9.14. The van der Waals surface area contributed by atoms with Gasteiger partial charge in [-0.15, -0.1) is 0 Å². The molecular weight excluding hydrogens is 176 g/mol. The SMILES string of the molecule is C=C(C)C(=O)OC1(C)C=CC=C(C)C1. The predicted molar refractivity (Wildman–Crippen MR) is 56.8 cm³/mol. The standard InChI is InChI=1S/C12H16O2/c1-9(2)11(13)14-12(4)7-5-6-10(3)8-12/h5-7H,1,8H2,2-4H3. The fourth-order valence-electron chi connectivity index (χ4n) is 1.46. The van der Waals surface area contributed by atoms with Crippen LogP contribution in [0.5, 0.6) is 0 Å². The van der Waals surface area contributed by atoms with Crippen LogP contribution in [0.2, 0.25) is 0 Å². The summed E-state index contributed by atoms with van der Waals surface area (Å²) in [6, 6.07) is 0.